The van der Waals surface area contributed by atoms with Gasteiger partial charge in [-0.2, -0.15) is 9.61 Å². The van der Waals surface area contributed by atoms with Crippen LogP contribution in [0.15, 0.2) is 0 Å². The van der Waals surface area contributed by atoms with E-state index in [0.717, 1.165) is 41.5 Å². The highest BCUT2D eigenvalue weighted by Crippen LogP contribution is 2.33. The van der Waals surface area contributed by atoms with E-state index in [1.54, 1.807) is 11.3 Å². The Morgan fingerprint density at radius 2 is 2.25 bits per heavy atom. The number of aromatic nitrogens is 4. The molecule has 0 atom stereocenters. The number of rotatable bonds is 3. The van der Waals surface area contributed by atoms with Gasteiger partial charge in [0, 0.05) is 18.4 Å². The average Bonchev–Trinajstić information content (AvgIpc) is 2.74. The molecule has 2 aromatic heterocycles. The molecule has 1 fully saturated rings. The van der Waals surface area contributed by atoms with E-state index in [-0.39, 0.29) is 5.54 Å². The summed E-state index contributed by atoms with van der Waals surface area (Å²) in [5, 5.41) is 13.8. The van der Waals surface area contributed by atoms with Gasteiger partial charge in [0.15, 0.2) is 5.82 Å². The third kappa shape index (κ3) is 1.53. The highest BCUT2D eigenvalue weighted by molar-refractivity contribution is 7.16. The van der Waals surface area contributed by atoms with Gasteiger partial charge in [-0.25, -0.2) is 0 Å². The van der Waals surface area contributed by atoms with E-state index in [0.29, 0.717) is 0 Å². The summed E-state index contributed by atoms with van der Waals surface area (Å²) in [6, 6.07) is 0. The molecule has 1 saturated carbocycles. The zero-order chi connectivity index (χ0) is 11.2. The third-order valence-electron chi connectivity index (χ3n) is 3.27. The molecule has 2 heterocycles. The van der Waals surface area contributed by atoms with Crippen LogP contribution in [0.4, 0.5) is 0 Å². The molecular formula is C10H15N5S. The Morgan fingerprint density at radius 3 is 2.88 bits per heavy atom. The largest absolute Gasteiger partial charge is 0.325 e. The van der Waals surface area contributed by atoms with Crippen LogP contribution in [0, 0.1) is 0 Å². The second-order valence-electron chi connectivity index (χ2n) is 4.55. The predicted molar refractivity (Wildman–Crippen MR) is 62.5 cm³/mol. The first-order valence-corrected chi connectivity index (χ1v) is 6.51. The van der Waals surface area contributed by atoms with Crippen LogP contribution >= 0.6 is 11.3 Å². The van der Waals surface area contributed by atoms with E-state index in [4.69, 9.17) is 5.73 Å². The molecule has 3 rings (SSSR count). The molecule has 1 aliphatic carbocycles. The van der Waals surface area contributed by atoms with Gasteiger partial charge in [-0.05, 0) is 19.3 Å². The zero-order valence-corrected chi connectivity index (χ0v) is 10.1. The van der Waals surface area contributed by atoms with Gasteiger partial charge in [-0.3, -0.25) is 0 Å². The molecule has 0 aliphatic heterocycles. The molecule has 6 heteroatoms. The Balaban J connectivity index is 1.90. The normalized spacial score (nSPS) is 18.9. The van der Waals surface area contributed by atoms with Crippen molar-refractivity contribution in [3.8, 4) is 0 Å². The minimum Gasteiger partial charge on any atom is -0.325 e. The van der Waals surface area contributed by atoms with Gasteiger partial charge in [0.2, 0.25) is 4.96 Å². The van der Waals surface area contributed by atoms with E-state index < -0.39 is 0 Å². The van der Waals surface area contributed by atoms with Crippen LogP contribution in [-0.4, -0.2) is 25.4 Å². The van der Waals surface area contributed by atoms with Crippen LogP contribution in [0.1, 0.15) is 37.0 Å². The fourth-order valence-corrected chi connectivity index (χ4v) is 3.11. The maximum Gasteiger partial charge on any atom is 0.234 e. The smallest absolute Gasteiger partial charge is 0.234 e. The van der Waals surface area contributed by atoms with Crippen molar-refractivity contribution in [2.45, 2.75) is 44.6 Å². The molecule has 0 aromatic carbocycles. The molecule has 0 saturated heterocycles. The summed E-state index contributed by atoms with van der Waals surface area (Å²) < 4.78 is 1.85. The van der Waals surface area contributed by atoms with Crippen molar-refractivity contribution < 1.29 is 0 Å². The minimum absolute atomic E-state index is 0.00429. The van der Waals surface area contributed by atoms with Crippen LogP contribution in [0.2, 0.25) is 0 Å². The number of nitrogens with two attached hydrogens (primary N) is 1. The van der Waals surface area contributed by atoms with E-state index in [2.05, 4.69) is 22.2 Å². The minimum atomic E-state index is -0.00429. The molecule has 16 heavy (non-hydrogen) atoms. The molecule has 2 N–H and O–H groups in total. The predicted octanol–water partition coefficient (Wildman–Crippen LogP) is 1.17. The van der Waals surface area contributed by atoms with Crippen LogP contribution in [0.3, 0.4) is 0 Å². The Hall–Kier alpha value is -1.01. The molecule has 1 aliphatic rings. The molecule has 2 aromatic rings. The van der Waals surface area contributed by atoms with Crippen molar-refractivity contribution in [1.82, 2.24) is 19.8 Å². The van der Waals surface area contributed by atoms with Crippen molar-refractivity contribution in [3.63, 3.8) is 0 Å². The standard InChI is InChI=1S/C10H15N5S/c1-2-7-12-13-9-15(7)14-8(16-9)6-10(11)4-3-5-10/h2-6,11H2,1H3. The lowest BCUT2D eigenvalue weighted by atomic mass is 9.75. The van der Waals surface area contributed by atoms with E-state index >= 15 is 0 Å². The van der Waals surface area contributed by atoms with Crippen molar-refractivity contribution >= 4 is 16.3 Å². The van der Waals surface area contributed by atoms with Crippen molar-refractivity contribution in [3.05, 3.63) is 10.8 Å². The monoisotopic (exact) mass is 237 g/mol. The average molecular weight is 237 g/mol. The summed E-state index contributed by atoms with van der Waals surface area (Å²) >= 11 is 1.61. The first-order chi connectivity index (χ1) is 7.70. The van der Waals surface area contributed by atoms with Crippen LogP contribution in [-0.2, 0) is 12.8 Å². The summed E-state index contributed by atoms with van der Waals surface area (Å²) in [7, 11) is 0. The molecule has 0 spiro atoms. The Morgan fingerprint density at radius 1 is 1.44 bits per heavy atom. The molecule has 0 bridgehead atoms. The quantitative estimate of drug-likeness (QED) is 0.870. The molecule has 0 radical (unpaired) electrons. The fraction of sp³-hybridized carbons (Fsp3) is 0.700. The lowest BCUT2D eigenvalue weighted by Gasteiger charge is -2.37. The molecular weight excluding hydrogens is 222 g/mol. The lowest BCUT2D eigenvalue weighted by molar-refractivity contribution is 0.246. The first kappa shape index (κ1) is 10.2. The van der Waals surface area contributed by atoms with Crippen molar-refractivity contribution in [2.24, 2.45) is 5.73 Å². The number of fused-ring (bicyclic) bond motifs is 1. The maximum absolute atomic E-state index is 6.22. The summed E-state index contributed by atoms with van der Waals surface area (Å²) in [6.45, 7) is 2.06. The van der Waals surface area contributed by atoms with Crippen molar-refractivity contribution in [2.75, 3.05) is 0 Å². The maximum atomic E-state index is 6.22. The molecule has 86 valence electrons. The van der Waals surface area contributed by atoms with E-state index in [1.165, 1.54) is 6.42 Å². The second kappa shape index (κ2) is 3.49. The number of hydrogen-bond acceptors (Lipinski definition) is 5. The summed E-state index contributed by atoms with van der Waals surface area (Å²) in [5.41, 5.74) is 6.21. The highest BCUT2D eigenvalue weighted by Gasteiger charge is 2.33. The molecule has 5 nitrogen and oxygen atoms in total. The van der Waals surface area contributed by atoms with E-state index in [9.17, 15) is 0 Å². The fourth-order valence-electron chi connectivity index (χ4n) is 2.10. The number of aryl methyl sites for hydroxylation is 1. The zero-order valence-electron chi connectivity index (χ0n) is 9.31. The Bertz CT molecular complexity index is 510. The van der Waals surface area contributed by atoms with Gasteiger partial charge in [0.1, 0.15) is 5.01 Å². The van der Waals surface area contributed by atoms with Gasteiger partial charge in [0.25, 0.3) is 0 Å². The van der Waals surface area contributed by atoms with Gasteiger partial charge < -0.3 is 5.73 Å². The van der Waals surface area contributed by atoms with Crippen LogP contribution < -0.4 is 5.73 Å². The summed E-state index contributed by atoms with van der Waals surface area (Å²) in [4.78, 5) is 0.884. The lowest BCUT2D eigenvalue weighted by Crippen LogP contribution is -2.48. The second-order valence-corrected chi connectivity index (χ2v) is 5.59. The van der Waals surface area contributed by atoms with Gasteiger partial charge in [-0.15, -0.1) is 10.2 Å². The number of hydrogen-bond donors (Lipinski definition) is 1. The van der Waals surface area contributed by atoms with Crippen LogP contribution in [0.5, 0.6) is 0 Å². The summed E-state index contributed by atoms with van der Waals surface area (Å²) in [6.07, 6.45) is 5.23. The van der Waals surface area contributed by atoms with Crippen molar-refractivity contribution in [1.29, 1.82) is 0 Å². The molecule has 0 unspecified atom stereocenters. The Labute approximate surface area is 97.7 Å². The van der Waals surface area contributed by atoms with Gasteiger partial charge >= 0.3 is 0 Å². The third-order valence-corrected chi connectivity index (χ3v) is 4.16. The topological polar surface area (TPSA) is 69.1 Å². The molecule has 0 amide bonds. The SMILES string of the molecule is CCc1nnc2sc(CC3(N)CCC3)nn12. The Kier molecular flexibility index (Phi) is 2.22. The van der Waals surface area contributed by atoms with Gasteiger partial charge in [0.05, 0.1) is 0 Å². The van der Waals surface area contributed by atoms with Gasteiger partial charge in [-0.1, -0.05) is 18.3 Å². The van der Waals surface area contributed by atoms with E-state index in [1.807, 2.05) is 4.52 Å². The number of nitrogens with zero attached hydrogens (tertiary/aromatic N) is 4. The highest BCUT2D eigenvalue weighted by atomic mass is 32.1. The summed E-state index contributed by atoms with van der Waals surface area (Å²) in [5.74, 6) is 0.928. The van der Waals surface area contributed by atoms with Crippen LogP contribution in [0.25, 0.3) is 4.96 Å². The first-order valence-electron chi connectivity index (χ1n) is 5.69.